The molecule has 0 bridgehead atoms. The van der Waals surface area contributed by atoms with Crippen LogP contribution in [0.15, 0.2) is 60.3 Å². The molecule has 0 aliphatic heterocycles. The van der Waals surface area contributed by atoms with E-state index in [0.717, 1.165) is 28.4 Å². The molecule has 0 aliphatic rings. The maximum Gasteiger partial charge on any atom is 0.234 e. The lowest BCUT2D eigenvalue weighted by atomic mass is 10.0. The number of amides is 1. The van der Waals surface area contributed by atoms with Gasteiger partial charge in [0.25, 0.3) is 0 Å². The Balaban J connectivity index is 1.59. The van der Waals surface area contributed by atoms with E-state index in [-0.39, 0.29) is 11.7 Å². The third-order valence-corrected chi connectivity index (χ3v) is 7.48. The summed E-state index contributed by atoms with van der Waals surface area (Å²) in [5, 5.41) is 13.5. The molecule has 0 saturated heterocycles. The van der Waals surface area contributed by atoms with Crippen molar-refractivity contribution < 1.29 is 4.79 Å². The van der Waals surface area contributed by atoms with Gasteiger partial charge >= 0.3 is 0 Å². The SMILES string of the molecule is C=CCn1c(CSCc2ccc(Cl)c(Cl)c2)nnc1SCC(=O)Nc1ccccc1C(C)C. The maximum absolute atomic E-state index is 12.6. The van der Waals surface area contributed by atoms with Gasteiger partial charge in [0.05, 0.1) is 21.6 Å². The van der Waals surface area contributed by atoms with Gasteiger partial charge < -0.3 is 9.88 Å². The van der Waals surface area contributed by atoms with Crippen molar-refractivity contribution >= 4 is 58.3 Å². The van der Waals surface area contributed by atoms with Crippen LogP contribution in [0.2, 0.25) is 10.0 Å². The topological polar surface area (TPSA) is 59.8 Å². The van der Waals surface area contributed by atoms with E-state index in [1.165, 1.54) is 11.8 Å². The average molecular weight is 522 g/mol. The van der Waals surface area contributed by atoms with Crippen molar-refractivity contribution in [3.63, 3.8) is 0 Å². The first-order chi connectivity index (χ1) is 15.9. The van der Waals surface area contributed by atoms with Crippen molar-refractivity contribution in [2.75, 3.05) is 11.1 Å². The van der Waals surface area contributed by atoms with E-state index in [1.807, 2.05) is 41.0 Å². The Morgan fingerprint density at radius 2 is 1.94 bits per heavy atom. The van der Waals surface area contributed by atoms with E-state index in [2.05, 4.69) is 35.9 Å². The van der Waals surface area contributed by atoms with Crippen LogP contribution >= 0.6 is 46.7 Å². The first-order valence-electron chi connectivity index (χ1n) is 10.4. The number of aromatic nitrogens is 3. The van der Waals surface area contributed by atoms with Gasteiger partial charge in [0.15, 0.2) is 5.16 Å². The third kappa shape index (κ3) is 7.27. The van der Waals surface area contributed by atoms with Crippen molar-refractivity contribution in [1.82, 2.24) is 14.8 Å². The van der Waals surface area contributed by atoms with Gasteiger partial charge in [-0.15, -0.1) is 28.5 Å². The van der Waals surface area contributed by atoms with Crippen LogP contribution in [-0.2, 0) is 22.8 Å². The zero-order valence-electron chi connectivity index (χ0n) is 18.6. The summed E-state index contributed by atoms with van der Waals surface area (Å²) in [7, 11) is 0. The lowest BCUT2D eigenvalue weighted by molar-refractivity contribution is -0.113. The number of carbonyl (C=O) groups excluding carboxylic acids is 1. The smallest absolute Gasteiger partial charge is 0.234 e. The van der Waals surface area contributed by atoms with Crippen molar-refractivity contribution in [3.05, 3.63) is 82.1 Å². The number of benzene rings is 2. The van der Waals surface area contributed by atoms with Crippen LogP contribution in [0.1, 0.15) is 36.7 Å². The molecule has 0 spiro atoms. The van der Waals surface area contributed by atoms with Crippen LogP contribution in [0.4, 0.5) is 5.69 Å². The van der Waals surface area contributed by atoms with Crippen molar-refractivity contribution in [3.8, 4) is 0 Å². The van der Waals surface area contributed by atoms with Crippen LogP contribution in [-0.4, -0.2) is 26.4 Å². The molecule has 5 nitrogen and oxygen atoms in total. The fourth-order valence-electron chi connectivity index (χ4n) is 3.17. The third-order valence-electron chi connectivity index (χ3n) is 4.78. The summed E-state index contributed by atoms with van der Waals surface area (Å²) < 4.78 is 1.99. The zero-order valence-corrected chi connectivity index (χ0v) is 21.7. The van der Waals surface area contributed by atoms with Gasteiger partial charge in [0.2, 0.25) is 5.91 Å². The highest BCUT2D eigenvalue weighted by Crippen LogP contribution is 2.27. The molecule has 0 atom stereocenters. The second kappa shape index (κ2) is 12.5. The number of nitrogens with zero attached hydrogens (tertiary/aromatic N) is 3. The highest BCUT2D eigenvalue weighted by Gasteiger charge is 2.15. The van der Waals surface area contributed by atoms with Gasteiger partial charge in [-0.25, -0.2) is 0 Å². The maximum atomic E-state index is 12.6. The van der Waals surface area contributed by atoms with Gasteiger partial charge in [-0.2, -0.15) is 0 Å². The molecule has 1 amide bonds. The quantitative estimate of drug-likeness (QED) is 0.216. The molecule has 0 fully saturated rings. The number of para-hydroxylation sites is 1. The summed E-state index contributed by atoms with van der Waals surface area (Å²) in [6, 6.07) is 13.5. The highest BCUT2D eigenvalue weighted by molar-refractivity contribution is 7.99. The minimum Gasteiger partial charge on any atom is -0.325 e. The van der Waals surface area contributed by atoms with Gasteiger partial charge in [0.1, 0.15) is 5.82 Å². The number of rotatable bonds is 11. The van der Waals surface area contributed by atoms with Gasteiger partial charge in [-0.05, 0) is 35.2 Å². The summed E-state index contributed by atoms with van der Waals surface area (Å²) in [6.07, 6.45) is 1.81. The predicted molar refractivity (Wildman–Crippen MR) is 142 cm³/mol. The number of nitrogens with one attached hydrogen (secondary N) is 1. The monoisotopic (exact) mass is 520 g/mol. The average Bonchev–Trinajstić information content (AvgIpc) is 3.17. The first kappa shape index (κ1) is 25.7. The molecule has 2 aromatic carbocycles. The molecular formula is C24H26Cl2N4OS2. The number of thioether (sulfide) groups is 2. The van der Waals surface area contributed by atoms with E-state index in [0.29, 0.717) is 33.4 Å². The second-order valence-electron chi connectivity index (χ2n) is 7.62. The standard InChI is InChI=1S/C24H26Cl2N4OS2/c1-4-11-30-22(14-32-13-17-9-10-19(25)20(26)12-17)28-29-24(30)33-15-23(31)27-21-8-6-5-7-18(21)16(2)3/h4-10,12,16H,1,11,13-15H2,2-3H3,(H,27,31). The van der Waals surface area contributed by atoms with E-state index in [1.54, 1.807) is 23.9 Å². The second-order valence-corrected chi connectivity index (χ2v) is 10.4. The predicted octanol–water partition coefficient (Wildman–Crippen LogP) is 7.06. The Kier molecular flexibility index (Phi) is 9.74. The Hall–Kier alpha value is -1.93. The number of allylic oxidation sites excluding steroid dienone is 1. The van der Waals surface area contributed by atoms with Gasteiger partial charge in [0, 0.05) is 18.0 Å². The molecule has 1 N–H and O–H groups in total. The summed E-state index contributed by atoms with van der Waals surface area (Å²) in [5.41, 5.74) is 3.06. The number of carbonyl (C=O) groups is 1. The zero-order chi connectivity index (χ0) is 23.8. The summed E-state index contributed by atoms with van der Waals surface area (Å²) in [6.45, 7) is 8.64. The largest absolute Gasteiger partial charge is 0.325 e. The minimum atomic E-state index is -0.0724. The molecular weight excluding hydrogens is 495 g/mol. The van der Waals surface area contributed by atoms with Crippen LogP contribution < -0.4 is 5.32 Å². The number of hydrogen-bond donors (Lipinski definition) is 1. The molecule has 33 heavy (non-hydrogen) atoms. The van der Waals surface area contributed by atoms with E-state index >= 15 is 0 Å². The normalized spacial score (nSPS) is 11.1. The van der Waals surface area contributed by atoms with Crippen LogP contribution in [0.3, 0.4) is 0 Å². The fourth-order valence-corrected chi connectivity index (χ4v) is 5.17. The highest BCUT2D eigenvalue weighted by atomic mass is 35.5. The van der Waals surface area contributed by atoms with Gasteiger partial charge in [-0.1, -0.05) is 79.2 Å². The lowest BCUT2D eigenvalue weighted by Crippen LogP contribution is -2.16. The van der Waals surface area contributed by atoms with Crippen LogP contribution in [0.5, 0.6) is 0 Å². The fraction of sp³-hybridized carbons (Fsp3) is 0.292. The number of hydrogen-bond acceptors (Lipinski definition) is 5. The molecule has 174 valence electrons. The van der Waals surface area contributed by atoms with E-state index in [9.17, 15) is 4.79 Å². The van der Waals surface area contributed by atoms with Crippen molar-refractivity contribution in [2.24, 2.45) is 0 Å². The molecule has 1 aromatic heterocycles. The van der Waals surface area contributed by atoms with Crippen molar-refractivity contribution in [2.45, 2.75) is 43.0 Å². The minimum absolute atomic E-state index is 0.0724. The Morgan fingerprint density at radius 3 is 2.67 bits per heavy atom. The van der Waals surface area contributed by atoms with Crippen LogP contribution in [0.25, 0.3) is 0 Å². The molecule has 0 aliphatic carbocycles. The number of anilines is 1. The lowest BCUT2D eigenvalue weighted by Gasteiger charge is -2.13. The van der Waals surface area contributed by atoms with E-state index < -0.39 is 0 Å². The summed E-state index contributed by atoms with van der Waals surface area (Å²) in [4.78, 5) is 12.6. The Morgan fingerprint density at radius 1 is 1.15 bits per heavy atom. The van der Waals surface area contributed by atoms with E-state index in [4.69, 9.17) is 23.2 Å². The molecule has 0 radical (unpaired) electrons. The molecule has 0 saturated carbocycles. The summed E-state index contributed by atoms with van der Waals surface area (Å²) >= 11 is 15.2. The van der Waals surface area contributed by atoms with Crippen molar-refractivity contribution in [1.29, 1.82) is 0 Å². The Labute approximate surface area is 213 Å². The number of halogens is 2. The summed E-state index contributed by atoms with van der Waals surface area (Å²) in [5.74, 6) is 2.80. The molecule has 9 heteroatoms. The van der Waals surface area contributed by atoms with Crippen LogP contribution in [0, 0.1) is 0 Å². The molecule has 0 unspecified atom stereocenters. The molecule has 3 rings (SSSR count). The molecule has 3 aromatic rings. The first-order valence-corrected chi connectivity index (χ1v) is 13.3. The van der Waals surface area contributed by atoms with Gasteiger partial charge in [-0.3, -0.25) is 4.79 Å². The Bertz CT molecular complexity index is 1120. The molecule has 1 heterocycles.